The zero-order chi connectivity index (χ0) is 17.6. The highest BCUT2D eigenvalue weighted by Gasteiger charge is 2.04. The van der Waals surface area contributed by atoms with Crippen LogP contribution in [0.5, 0.6) is 5.75 Å². The molecule has 3 rings (SSSR count). The predicted molar refractivity (Wildman–Crippen MR) is 99.8 cm³/mol. The Morgan fingerprint density at radius 1 is 0.960 bits per heavy atom. The van der Waals surface area contributed by atoms with Gasteiger partial charge in [-0.25, -0.2) is 0 Å². The number of para-hydroxylation sites is 1. The molecule has 0 atom stereocenters. The van der Waals surface area contributed by atoms with Gasteiger partial charge in [-0.1, -0.05) is 18.2 Å². The van der Waals surface area contributed by atoms with Crippen LogP contribution in [0.3, 0.4) is 0 Å². The molecule has 0 aliphatic rings. The number of nitrogens with one attached hydrogen (secondary N) is 2. The van der Waals surface area contributed by atoms with E-state index in [2.05, 4.69) is 25.8 Å². The van der Waals surface area contributed by atoms with Crippen molar-refractivity contribution in [2.75, 3.05) is 10.6 Å². The third kappa shape index (κ3) is 4.67. The zero-order valence-electron chi connectivity index (χ0n) is 14.5. The van der Waals surface area contributed by atoms with Crippen LogP contribution < -0.4 is 15.4 Å². The normalized spacial score (nSPS) is 10.6. The molecule has 0 radical (unpaired) electrons. The number of anilines is 4. The Labute approximate surface area is 147 Å². The van der Waals surface area contributed by atoms with Crippen molar-refractivity contribution in [1.29, 1.82) is 0 Å². The SMILES string of the molecule is Cc1ccccc1Nc1cnnc(Nc2ccc(OC(C)C)cc2)n1. The van der Waals surface area contributed by atoms with Gasteiger partial charge in [0.1, 0.15) is 5.75 Å². The topological polar surface area (TPSA) is 72.0 Å². The van der Waals surface area contributed by atoms with Crippen LogP contribution in [0.25, 0.3) is 0 Å². The van der Waals surface area contributed by atoms with Gasteiger partial charge >= 0.3 is 0 Å². The second kappa shape index (κ2) is 7.61. The van der Waals surface area contributed by atoms with E-state index < -0.39 is 0 Å². The molecule has 0 saturated carbocycles. The van der Waals surface area contributed by atoms with E-state index in [0.29, 0.717) is 11.8 Å². The van der Waals surface area contributed by atoms with Crippen LogP contribution in [0.2, 0.25) is 0 Å². The fourth-order valence-corrected chi connectivity index (χ4v) is 2.29. The lowest BCUT2D eigenvalue weighted by Crippen LogP contribution is -2.05. The monoisotopic (exact) mass is 335 g/mol. The van der Waals surface area contributed by atoms with E-state index in [9.17, 15) is 0 Å². The number of ether oxygens (including phenoxy) is 1. The Morgan fingerprint density at radius 2 is 1.72 bits per heavy atom. The van der Waals surface area contributed by atoms with Gasteiger partial charge in [-0.15, -0.1) is 5.10 Å². The van der Waals surface area contributed by atoms with Crippen molar-refractivity contribution in [3.05, 3.63) is 60.3 Å². The largest absolute Gasteiger partial charge is 0.491 e. The summed E-state index contributed by atoms with van der Waals surface area (Å²) in [5, 5.41) is 14.4. The second-order valence-corrected chi connectivity index (χ2v) is 5.92. The van der Waals surface area contributed by atoms with Crippen LogP contribution in [0.4, 0.5) is 23.1 Å². The van der Waals surface area contributed by atoms with Gasteiger partial charge in [0, 0.05) is 11.4 Å². The molecule has 0 amide bonds. The van der Waals surface area contributed by atoms with Gasteiger partial charge in [0.2, 0.25) is 5.95 Å². The lowest BCUT2D eigenvalue weighted by atomic mass is 10.2. The van der Waals surface area contributed by atoms with Gasteiger partial charge < -0.3 is 15.4 Å². The van der Waals surface area contributed by atoms with Crippen LogP contribution in [-0.4, -0.2) is 21.3 Å². The molecule has 1 aromatic heterocycles. The first-order chi connectivity index (χ1) is 12.1. The number of hydrogen-bond acceptors (Lipinski definition) is 6. The molecule has 0 fully saturated rings. The summed E-state index contributed by atoms with van der Waals surface area (Å²) >= 11 is 0. The molecule has 128 valence electrons. The Hall–Kier alpha value is -3.15. The molecule has 6 heteroatoms. The maximum atomic E-state index is 5.63. The standard InChI is InChI=1S/C19H21N5O/c1-13(2)25-16-10-8-15(9-11-16)21-19-23-18(12-20-24-19)22-17-7-5-4-6-14(17)3/h4-13H,1-3H3,(H2,21,22,23,24). The average molecular weight is 335 g/mol. The van der Waals surface area contributed by atoms with Crippen molar-refractivity contribution in [3.63, 3.8) is 0 Å². The highest BCUT2D eigenvalue weighted by molar-refractivity contribution is 5.61. The molecule has 0 aliphatic carbocycles. The molecule has 3 aromatic rings. The molecule has 0 spiro atoms. The lowest BCUT2D eigenvalue weighted by Gasteiger charge is -2.11. The maximum absolute atomic E-state index is 5.63. The van der Waals surface area contributed by atoms with E-state index in [1.165, 1.54) is 0 Å². The number of hydrogen-bond donors (Lipinski definition) is 2. The molecule has 0 bridgehead atoms. The molecular weight excluding hydrogens is 314 g/mol. The van der Waals surface area contributed by atoms with E-state index in [0.717, 1.165) is 22.7 Å². The molecule has 0 saturated heterocycles. The molecule has 1 heterocycles. The van der Waals surface area contributed by atoms with Gasteiger partial charge in [0.15, 0.2) is 5.82 Å². The maximum Gasteiger partial charge on any atom is 0.249 e. The van der Waals surface area contributed by atoms with E-state index in [1.54, 1.807) is 6.20 Å². The van der Waals surface area contributed by atoms with Crippen molar-refractivity contribution < 1.29 is 4.74 Å². The smallest absolute Gasteiger partial charge is 0.249 e. The quantitative estimate of drug-likeness (QED) is 0.693. The Bertz CT molecular complexity index is 833. The first kappa shape index (κ1) is 16.7. The molecule has 6 nitrogen and oxygen atoms in total. The van der Waals surface area contributed by atoms with Crippen LogP contribution in [0, 0.1) is 6.92 Å². The summed E-state index contributed by atoms with van der Waals surface area (Å²) in [6, 6.07) is 15.7. The van der Waals surface area contributed by atoms with Crippen molar-refractivity contribution in [3.8, 4) is 5.75 Å². The van der Waals surface area contributed by atoms with Crippen molar-refractivity contribution >= 4 is 23.1 Å². The number of benzene rings is 2. The van der Waals surface area contributed by atoms with Crippen LogP contribution >= 0.6 is 0 Å². The summed E-state index contributed by atoms with van der Waals surface area (Å²) < 4.78 is 5.63. The van der Waals surface area contributed by atoms with Crippen LogP contribution in [0.15, 0.2) is 54.7 Å². The number of aryl methyl sites for hydroxylation is 1. The highest BCUT2D eigenvalue weighted by atomic mass is 16.5. The average Bonchev–Trinajstić information content (AvgIpc) is 2.59. The minimum Gasteiger partial charge on any atom is -0.491 e. The third-order valence-corrected chi connectivity index (χ3v) is 3.45. The minimum absolute atomic E-state index is 0.149. The molecule has 25 heavy (non-hydrogen) atoms. The summed E-state index contributed by atoms with van der Waals surface area (Å²) in [5.74, 6) is 1.89. The summed E-state index contributed by atoms with van der Waals surface area (Å²) in [6.07, 6.45) is 1.74. The molecule has 0 aliphatic heterocycles. The summed E-state index contributed by atoms with van der Waals surface area (Å²) in [6.45, 7) is 6.04. The predicted octanol–water partition coefficient (Wildman–Crippen LogP) is 4.45. The first-order valence-corrected chi connectivity index (χ1v) is 8.16. The summed E-state index contributed by atoms with van der Waals surface area (Å²) in [5.41, 5.74) is 2.99. The fraction of sp³-hybridized carbons (Fsp3) is 0.211. The molecule has 0 unspecified atom stereocenters. The van der Waals surface area contributed by atoms with E-state index in [-0.39, 0.29) is 6.10 Å². The number of aromatic nitrogens is 3. The van der Waals surface area contributed by atoms with Gasteiger partial charge in [-0.3, -0.25) is 0 Å². The first-order valence-electron chi connectivity index (χ1n) is 8.16. The van der Waals surface area contributed by atoms with Crippen molar-refractivity contribution in [2.45, 2.75) is 26.9 Å². The Balaban J connectivity index is 1.70. The Kier molecular flexibility index (Phi) is 5.09. The Morgan fingerprint density at radius 3 is 2.44 bits per heavy atom. The van der Waals surface area contributed by atoms with E-state index >= 15 is 0 Å². The lowest BCUT2D eigenvalue weighted by molar-refractivity contribution is 0.242. The van der Waals surface area contributed by atoms with Gasteiger partial charge in [0.25, 0.3) is 0 Å². The van der Waals surface area contributed by atoms with Gasteiger partial charge in [0.05, 0.1) is 12.3 Å². The molecule has 2 N–H and O–H groups in total. The van der Waals surface area contributed by atoms with Gasteiger partial charge in [-0.05, 0) is 56.7 Å². The van der Waals surface area contributed by atoms with Crippen molar-refractivity contribution in [1.82, 2.24) is 15.2 Å². The van der Waals surface area contributed by atoms with E-state index in [1.807, 2.05) is 69.3 Å². The summed E-state index contributed by atoms with van der Waals surface area (Å²) in [4.78, 5) is 4.45. The molecule has 2 aromatic carbocycles. The number of nitrogens with zero attached hydrogens (tertiary/aromatic N) is 3. The third-order valence-electron chi connectivity index (χ3n) is 3.45. The minimum atomic E-state index is 0.149. The number of rotatable bonds is 6. The second-order valence-electron chi connectivity index (χ2n) is 5.92. The fourth-order valence-electron chi connectivity index (χ4n) is 2.29. The summed E-state index contributed by atoms with van der Waals surface area (Å²) in [7, 11) is 0. The van der Waals surface area contributed by atoms with E-state index in [4.69, 9.17) is 4.74 Å². The highest BCUT2D eigenvalue weighted by Crippen LogP contribution is 2.21. The van der Waals surface area contributed by atoms with Gasteiger partial charge in [-0.2, -0.15) is 10.1 Å². The molecular formula is C19H21N5O. The van der Waals surface area contributed by atoms with Crippen molar-refractivity contribution in [2.24, 2.45) is 0 Å². The van der Waals surface area contributed by atoms with Crippen LogP contribution in [-0.2, 0) is 0 Å². The zero-order valence-corrected chi connectivity index (χ0v) is 14.5. The van der Waals surface area contributed by atoms with Crippen LogP contribution in [0.1, 0.15) is 19.4 Å².